The Balaban J connectivity index is 1.85. The van der Waals surface area contributed by atoms with Crippen molar-refractivity contribution in [3.05, 3.63) is 36.6 Å². The average Bonchev–Trinajstić information content (AvgIpc) is 3.35. The third-order valence-electron chi connectivity index (χ3n) is 4.20. The first-order valence-corrected chi connectivity index (χ1v) is 9.78. The average molecular weight is 421 g/mol. The first kappa shape index (κ1) is 19.1. The van der Waals surface area contributed by atoms with Crippen molar-refractivity contribution in [1.29, 1.82) is 0 Å². The van der Waals surface area contributed by atoms with E-state index in [4.69, 9.17) is 28.0 Å². The van der Waals surface area contributed by atoms with Gasteiger partial charge in [-0.1, -0.05) is 5.16 Å². The van der Waals surface area contributed by atoms with Crippen LogP contribution in [0.15, 0.2) is 41.1 Å². The highest BCUT2D eigenvalue weighted by Crippen LogP contribution is 2.48. The minimum absolute atomic E-state index is 0.0690. The third-order valence-corrected chi connectivity index (χ3v) is 4.63. The van der Waals surface area contributed by atoms with E-state index < -0.39 is 7.82 Å². The van der Waals surface area contributed by atoms with Crippen LogP contribution in [0.4, 0.5) is 0 Å². The predicted molar refractivity (Wildman–Crippen MR) is 99.3 cm³/mol. The summed E-state index contributed by atoms with van der Waals surface area (Å²) in [5, 5.41) is 4.04. The number of rotatable bonds is 6. The number of phosphoric acid groups is 1. The van der Waals surface area contributed by atoms with Gasteiger partial charge in [0.2, 0.25) is 12.5 Å². The van der Waals surface area contributed by atoms with E-state index >= 15 is 0 Å². The summed E-state index contributed by atoms with van der Waals surface area (Å²) in [6, 6.07) is 7.98. The second kappa shape index (κ2) is 7.32. The van der Waals surface area contributed by atoms with Gasteiger partial charge >= 0.3 is 7.82 Å². The number of hydrogen-bond donors (Lipinski definition) is 2. The lowest BCUT2D eigenvalue weighted by Crippen LogP contribution is -1.95. The monoisotopic (exact) mass is 421 g/mol. The van der Waals surface area contributed by atoms with Crippen molar-refractivity contribution in [3.63, 3.8) is 0 Å². The van der Waals surface area contributed by atoms with Crippen LogP contribution in [-0.4, -0.2) is 36.0 Å². The van der Waals surface area contributed by atoms with Crippen LogP contribution >= 0.6 is 7.82 Å². The molecule has 1 aliphatic heterocycles. The molecule has 2 heterocycles. The van der Waals surface area contributed by atoms with Crippen LogP contribution in [0, 0.1) is 0 Å². The van der Waals surface area contributed by atoms with Gasteiger partial charge in [0.1, 0.15) is 23.5 Å². The van der Waals surface area contributed by atoms with E-state index in [1.807, 2.05) is 0 Å². The summed E-state index contributed by atoms with van der Waals surface area (Å²) in [7, 11) is -1.89. The Bertz CT molecular complexity index is 1100. The highest BCUT2D eigenvalue weighted by Gasteiger charge is 2.26. The quantitative estimate of drug-likeness (QED) is 0.572. The highest BCUT2D eigenvalue weighted by atomic mass is 31.2. The van der Waals surface area contributed by atoms with Crippen molar-refractivity contribution in [2.75, 3.05) is 21.0 Å². The zero-order valence-corrected chi connectivity index (χ0v) is 16.2. The van der Waals surface area contributed by atoms with Gasteiger partial charge in [0.25, 0.3) is 0 Å². The van der Waals surface area contributed by atoms with Gasteiger partial charge in [0.15, 0.2) is 11.5 Å². The summed E-state index contributed by atoms with van der Waals surface area (Å²) >= 11 is 0. The molecular weight excluding hydrogens is 405 g/mol. The molecule has 2 N–H and O–H groups in total. The molecule has 2 aromatic carbocycles. The number of fused-ring (bicyclic) bond motifs is 1. The maximum absolute atomic E-state index is 11.4. The molecule has 4 rings (SSSR count). The van der Waals surface area contributed by atoms with Gasteiger partial charge in [-0.05, 0) is 24.3 Å². The van der Waals surface area contributed by atoms with Gasteiger partial charge in [-0.15, -0.1) is 0 Å². The molecule has 0 bridgehead atoms. The summed E-state index contributed by atoms with van der Waals surface area (Å²) in [4.78, 5) is 18.6. The summed E-state index contributed by atoms with van der Waals surface area (Å²) in [6.07, 6.45) is 1.35. The molecule has 1 aliphatic rings. The Morgan fingerprint density at radius 1 is 1.03 bits per heavy atom. The molecule has 29 heavy (non-hydrogen) atoms. The normalized spacial score (nSPS) is 12.7. The number of benzene rings is 2. The Morgan fingerprint density at radius 2 is 1.86 bits per heavy atom. The standard InChI is InChI=1S/C18H16NO9P/c1-23-11-3-4-12(14(7-11)28-29(20,21)22)13-8-27-19-17(13)10-5-15(24-2)18-16(6-10)25-9-26-18/h3-8H,9H2,1-2H3,(H2,20,21,22). The van der Waals surface area contributed by atoms with E-state index in [2.05, 4.69) is 5.16 Å². The molecule has 0 saturated carbocycles. The van der Waals surface area contributed by atoms with Gasteiger partial charge in [-0.2, -0.15) is 0 Å². The van der Waals surface area contributed by atoms with Gasteiger partial charge in [-0.25, -0.2) is 4.57 Å². The van der Waals surface area contributed by atoms with Gasteiger partial charge in [-0.3, -0.25) is 9.79 Å². The molecule has 0 saturated heterocycles. The van der Waals surface area contributed by atoms with Gasteiger partial charge in [0.05, 0.1) is 19.8 Å². The molecular formula is C18H16NO9P. The van der Waals surface area contributed by atoms with Crippen LogP contribution in [0.5, 0.6) is 28.7 Å². The predicted octanol–water partition coefficient (Wildman–Crippen LogP) is 3.23. The zero-order chi connectivity index (χ0) is 20.6. The molecule has 0 spiro atoms. The SMILES string of the molecule is COc1ccc(-c2conc2-c2cc(OC)c3c(c2)OCO3)c(OP(=O)(O)O)c1. The van der Waals surface area contributed by atoms with Crippen molar-refractivity contribution in [2.45, 2.75) is 0 Å². The van der Waals surface area contributed by atoms with Crippen LogP contribution in [0.2, 0.25) is 0 Å². The van der Waals surface area contributed by atoms with Crippen LogP contribution in [0.25, 0.3) is 22.4 Å². The van der Waals surface area contributed by atoms with Crippen molar-refractivity contribution in [1.82, 2.24) is 5.16 Å². The molecule has 11 heteroatoms. The van der Waals surface area contributed by atoms with Crippen LogP contribution in [0.3, 0.4) is 0 Å². The zero-order valence-electron chi connectivity index (χ0n) is 15.3. The molecule has 152 valence electrons. The van der Waals surface area contributed by atoms with Crippen molar-refractivity contribution in [2.24, 2.45) is 0 Å². The molecule has 0 amide bonds. The fourth-order valence-electron chi connectivity index (χ4n) is 2.96. The Labute approximate surface area is 164 Å². The Morgan fingerprint density at radius 3 is 2.59 bits per heavy atom. The first-order valence-electron chi connectivity index (χ1n) is 8.25. The lowest BCUT2D eigenvalue weighted by atomic mass is 10.0. The lowest BCUT2D eigenvalue weighted by Gasteiger charge is -2.13. The molecule has 10 nitrogen and oxygen atoms in total. The molecule has 0 radical (unpaired) electrons. The maximum Gasteiger partial charge on any atom is 0.524 e. The van der Waals surface area contributed by atoms with Crippen molar-refractivity contribution < 1.29 is 42.3 Å². The maximum atomic E-state index is 11.4. The van der Waals surface area contributed by atoms with Crippen LogP contribution < -0.4 is 23.5 Å². The summed E-state index contributed by atoms with van der Waals surface area (Å²) in [5.41, 5.74) is 1.77. The molecule has 0 unspecified atom stereocenters. The number of aromatic nitrogens is 1. The van der Waals surface area contributed by atoms with E-state index in [0.717, 1.165) is 0 Å². The Hall–Kier alpha value is -3.20. The van der Waals surface area contributed by atoms with Crippen molar-refractivity contribution >= 4 is 7.82 Å². The smallest absolute Gasteiger partial charge is 0.497 e. The number of ether oxygens (including phenoxy) is 4. The fourth-order valence-corrected chi connectivity index (χ4v) is 3.37. The molecule has 0 aliphatic carbocycles. The summed E-state index contributed by atoms with van der Waals surface area (Å²) < 4.78 is 42.7. The Kier molecular flexibility index (Phi) is 4.83. The minimum atomic E-state index is -4.82. The third kappa shape index (κ3) is 3.73. The second-order valence-electron chi connectivity index (χ2n) is 5.93. The summed E-state index contributed by atoms with van der Waals surface area (Å²) in [5.74, 6) is 1.69. The van der Waals surface area contributed by atoms with Crippen LogP contribution in [-0.2, 0) is 4.57 Å². The minimum Gasteiger partial charge on any atom is -0.497 e. The second-order valence-corrected chi connectivity index (χ2v) is 7.10. The van der Waals surface area contributed by atoms with E-state index in [1.54, 1.807) is 24.3 Å². The van der Waals surface area contributed by atoms with E-state index in [0.29, 0.717) is 45.4 Å². The topological polar surface area (TPSA) is 130 Å². The van der Waals surface area contributed by atoms with Crippen LogP contribution in [0.1, 0.15) is 0 Å². The number of hydrogen-bond acceptors (Lipinski definition) is 8. The highest BCUT2D eigenvalue weighted by molar-refractivity contribution is 7.46. The fraction of sp³-hybridized carbons (Fsp3) is 0.167. The molecule has 1 aromatic heterocycles. The largest absolute Gasteiger partial charge is 0.524 e. The van der Waals surface area contributed by atoms with E-state index in [9.17, 15) is 14.4 Å². The molecule has 0 fully saturated rings. The van der Waals surface area contributed by atoms with E-state index in [1.165, 1.54) is 26.5 Å². The number of phosphoric ester groups is 1. The first-order chi connectivity index (χ1) is 13.9. The number of nitrogens with zero attached hydrogens (tertiary/aromatic N) is 1. The van der Waals surface area contributed by atoms with Gasteiger partial charge in [0, 0.05) is 17.2 Å². The van der Waals surface area contributed by atoms with Crippen molar-refractivity contribution in [3.8, 4) is 51.1 Å². The number of methoxy groups -OCH3 is 2. The van der Waals surface area contributed by atoms with Gasteiger partial charge < -0.3 is 28.0 Å². The molecule has 0 atom stereocenters. The lowest BCUT2D eigenvalue weighted by molar-refractivity contribution is 0.171. The molecule has 3 aromatic rings. The van der Waals surface area contributed by atoms with E-state index in [-0.39, 0.29) is 12.5 Å². The summed E-state index contributed by atoms with van der Waals surface area (Å²) in [6.45, 7) is 0.0690.